The van der Waals surface area contributed by atoms with E-state index in [-0.39, 0.29) is 27.1 Å². The summed E-state index contributed by atoms with van der Waals surface area (Å²) in [6, 6.07) is 14.1. The van der Waals surface area contributed by atoms with Gasteiger partial charge < -0.3 is 0 Å². The molecule has 0 saturated heterocycles. The summed E-state index contributed by atoms with van der Waals surface area (Å²) in [7, 11) is 0. The number of nitrogens with zero attached hydrogens (tertiary/aromatic N) is 1. The quantitative estimate of drug-likeness (QED) is 0.373. The van der Waals surface area contributed by atoms with Gasteiger partial charge in [-0.3, -0.25) is 0 Å². The molecule has 3 aromatic rings. The van der Waals surface area contributed by atoms with E-state index in [9.17, 15) is 4.79 Å². The average molecular weight is 458 g/mol. The van der Waals surface area contributed by atoms with Gasteiger partial charge >= 0.3 is 170 Å². The van der Waals surface area contributed by atoms with E-state index >= 15 is 0 Å². The van der Waals surface area contributed by atoms with Gasteiger partial charge in [-0.2, -0.15) is 0 Å². The zero-order chi connectivity index (χ0) is 20.8. The molecule has 0 spiro atoms. The van der Waals surface area contributed by atoms with Crippen molar-refractivity contribution in [2.75, 3.05) is 13.2 Å². The predicted octanol–water partition coefficient (Wildman–Crippen LogP) is 4.25. The number of hydrogen-bond acceptors (Lipinski definition) is 5. The van der Waals surface area contributed by atoms with Crippen LogP contribution < -0.4 is 9.47 Å². The molecular formula is C23H25NO4Se. The minimum atomic E-state index is -0.373. The zero-order valence-corrected chi connectivity index (χ0v) is 18.9. The summed E-state index contributed by atoms with van der Waals surface area (Å²) >= 11 is 0.164. The molecule has 5 nitrogen and oxygen atoms in total. The molecule has 0 amide bonds. The van der Waals surface area contributed by atoms with Crippen LogP contribution in [0.5, 0.6) is 11.5 Å². The van der Waals surface area contributed by atoms with Gasteiger partial charge in [0.05, 0.1) is 0 Å². The predicted molar refractivity (Wildman–Crippen MR) is 114 cm³/mol. The van der Waals surface area contributed by atoms with Gasteiger partial charge in [-0.05, 0) is 6.92 Å². The summed E-state index contributed by atoms with van der Waals surface area (Å²) in [6.07, 6.45) is 0. The zero-order valence-electron chi connectivity index (χ0n) is 17.2. The maximum atomic E-state index is 11.4. The Morgan fingerprint density at radius 1 is 1.03 bits per heavy atom. The van der Waals surface area contributed by atoms with Crippen molar-refractivity contribution in [2.45, 2.75) is 34.3 Å². The van der Waals surface area contributed by atoms with Crippen molar-refractivity contribution in [3.63, 3.8) is 0 Å². The van der Waals surface area contributed by atoms with Crippen molar-refractivity contribution in [3.05, 3.63) is 63.7 Å². The molecule has 0 bridgehead atoms. The Hall–Kier alpha value is -2.56. The molecular weight excluding hydrogens is 433 g/mol. The second kappa shape index (κ2) is 9.77. The summed E-state index contributed by atoms with van der Waals surface area (Å²) in [5.41, 5.74) is 4.39. The molecule has 0 saturated carbocycles. The molecule has 0 atom stereocenters. The van der Waals surface area contributed by atoms with Crippen LogP contribution in [-0.2, 0) is 16.1 Å². The standard InChI is InChI=1S/C23H25NO4Se/c1-5-26-22(25)14-28-20-11-10-19(12-16(20)3)27-13-21-17(4)24-23(29-21)18-8-6-15(2)7-9-18/h6-12H,5,13-14H2,1-4H3. The third-order valence-corrected chi connectivity index (χ3v) is 6.83. The van der Waals surface area contributed by atoms with Crippen molar-refractivity contribution >= 4 is 20.5 Å². The second-order valence-electron chi connectivity index (χ2n) is 6.70. The van der Waals surface area contributed by atoms with Crippen molar-refractivity contribution in [1.82, 2.24) is 4.98 Å². The molecule has 2 aromatic carbocycles. The average Bonchev–Trinajstić information content (AvgIpc) is 3.07. The third-order valence-electron chi connectivity index (χ3n) is 4.36. The molecule has 0 fully saturated rings. The van der Waals surface area contributed by atoms with Crippen LogP contribution in [0.1, 0.15) is 28.2 Å². The molecule has 6 heteroatoms. The van der Waals surface area contributed by atoms with Crippen LogP contribution in [-0.4, -0.2) is 38.7 Å². The first kappa shape index (κ1) is 21.2. The van der Waals surface area contributed by atoms with Gasteiger partial charge in [-0.1, -0.05) is 0 Å². The van der Waals surface area contributed by atoms with Gasteiger partial charge in [-0.15, -0.1) is 0 Å². The van der Waals surface area contributed by atoms with Gasteiger partial charge in [-0.25, -0.2) is 0 Å². The summed E-state index contributed by atoms with van der Waals surface area (Å²) in [5.74, 6) is 1.05. The number of hydrogen-bond donors (Lipinski definition) is 0. The normalized spacial score (nSPS) is 10.6. The number of aryl methyl sites for hydroxylation is 3. The first-order valence-electron chi connectivity index (χ1n) is 9.51. The fraction of sp³-hybridized carbons (Fsp3) is 0.304. The molecule has 0 aliphatic heterocycles. The van der Waals surface area contributed by atoms with Crippen LogP contribution in [0.4, 0.5) is 0 Å². The van der Waals surface area contributed by atoms with E-state index in [2.05, 4.69) is 31.2 Å². The number of carbonyl (C=O) groups excluding carboxylic acids is 1. The Morgan fingerprint density at radius 2 is 1.79 bits per heavy atom. The summed E-state index contributed by atoms with van der Waals surface area (Å²) in [4.78, 5) is 16.2. The summed E-state index contributed by atoms with van der Waals surface area (Å²) in [6.45, 7) is 8.60. The van der Waals surface area contributed by atoms with E-state index in [4.69, 9.17) is 19.2 Å². The Morgan fingerprint density at radius 3 is 2.48 bits per heavy atom. The fourth-order valence-electron chi connectivity index (χ4n) is 2.74. The van der Waals surface area contributed by atoms with Gasteiger partial charge in [0.2, 0.25) is 0 Å². The van der Waals surface area contributed by atoms with E-state index in [1.807, 2.05) is 32.0 Å². The van der Waals surface area contributed by atoms with Gasteiger partial charge in [0, 0.05) is 0 Å². The van der Waals surface area contributed by atoms with Crippen LogP contribution in [0.25, 0.3) is 10.1 Å². The van der Waals surface area contributed by atoms with Crippen LogP contribution in [0, 0.1) is 20.8 Å². The number of ether oxygens (including phenoxy) is 3. The van der Waals surface area contributed by atoms with Crippen molar-refractivity contribution in [3.8, 4) is 21.6 Å². The number of carbonyl (C=O) groups is 1. The Balaban J connectivity index is 1.62. The Bertz CT molecular complexity index is 979. The fourth-order valence-corrected chi connectivity index (χ4v) is 4.80. The Labute approximate surface area is 177 Å². The van der Waals surface area contributed by atoms with Crippen molar-refractivity contribution < 1.29 is 19.0 Å². The molecule has 29 heavy (non-hydrogen) atoms. The van der Waals surface area contributed by atoms with E-state index in [0.29, 0.717) is 19.0 Å². The van der Waals surface area contributed by atoms with E-state index in [1.165, 1.54) is 15.6 Å². The molecule has 0 aliphatic carbocycles. The van der Waals surface area contributed by atoms with Crippen LogP contribution in [0.15, 0.2) is 42.5 Å². The summed E-state index contributed by atoms with van der Waals surface area (Å²) < 4.78 is 18.8. The van der Waals surface area contributed by atoms with Gasteiger partial charge in [0.25, 0.3) is 0 Å². The first-order chi connectivity index (χ1) is 14.0. The number of esters is 1. The van der Waals surface area contributed by atoms with Crippen LogP contribution in [0.3, 0.4) is 0 Å². The first-order valence-corrected chi connectivity index (χ1v) is 11.2. The maximum absolute atomic E-state index is 11.4. The van der Waals surface area contributed by atoms with E-state index in [0.717, 1.165) is 21.6 Å². The van der Waals surface area contributed by atoms with Crippen LogP contribution >= 0.6 is 0 Å². The molecule has 3 rings (SSSR count). The summed E-state index contributed by atoms with van der Waals surface area (Å²) in [5, 5.41) is 0. The number of aromatic nitrogens is 1. The molecule has 0 N–H and O–H groups in total. The van der Waals surface area contributed by atoms with Gasteiger partial charge in [0.15, 0.2) is 0 Å². The Kier molecular flexibility index (Phi) is 7.13. The van der Waals surface area contributed by atoms with Crippen molar-refractivity contribution in [1.29, 1.82) is 0 Å². The van der Waals surface area contributed by atoms with E-state index < -0.39 is 0 Å². The SMILES string of the molecule is CCOC(=O)COc1ccc(OCc2[se]c(-c3ccc(C)cc3)nc2C)cc1C. The minimum absolute atomic E-state index is 0.0946. The van der Waals surface area contributed by atoms with Crippen LogP contribution in [0.2, 0.25) is 0 Å². The number of rotatable bonds is 8. The third kappa shape index (κ3) is 5.72. The second-order valence-corrected chi connectivity index (χ2v) is 8.98. The molecule has 152 valence electrons. The molecule has 0 unspecified atom stereocenters. The topological polar surface area (TPSA) is 57.7 Å². The monoisotopic (exact) mass is 459 g/mol. The van der Waals surface area contributed by atoms with Gasteiger partial charge in [0.1, 0.15) is 0 Å². The molecule has 1 aromatic heterocycles. The molecule has 0 aliphatic rings. The molecule has 1 heterocycles. The number of benzene rings is 2. The van der Waals surface area contributed by atoms with E-state index in [1.54, 1.807) is 6.92 Å². The molecule has 0 radical (unpaired) electrons. The van der Waals surface area contributed by atoms with Crippen molar-refractivity contribution in [2.24, 2.45) is 0 Å².